The molecule has 3 unspecified atom stereocenters. The second-order valence-corrected chi connectivity index (χ2v) is 5.99. The Balaban J connectivity index is 1.99. The van der Waals surface area contributed by atoms with Gasteiger partial charge < -0.3 is 15.4 Å². The van der Waals surface area contributed by atoms with Gasteiger partial charge in [0.1, 0.15) is 16.5 Å². The number of halogens is 1. The molecule has 6 heteroatoms. The van der Waals surface area contributed by atoms with Gasteiger partial charge in [0, 0.05) is 18.7 Å². The molecule has 5 nitrogen and oxygen atoms in total. The molecule has 1 saturated heterocycles. The summed E-state index contributed by atoms with van der Waals surface area (Å²) >= 11 is 3.39. The summed E-state index contributed by atoms with van der Waals surface area (Å²) in [6.45, 7) is 0.481. The van der Waals surface area contributed by atoms with E-state index in [-0.39, 0.29) is 11.9 Å². The highest BCUT2D eigenvalue weighted by Gasteiger charge is 2.54. The number of methoxy groups -OCH3 is 1. The lowest BCUT2D eigenvalue weighted by Gasteiger charge is -2.28. The first-order valence-corrected chi connectivity index (χ1v) is 7.13. The second kappa shape index (κ2) is 4.76. The van der Waals surface area contributed by atoms with Crippen molar-refractivity contribution >= 4 is 27.7 Å². The number of carbonyl (C=O) groups excluding carboxylic acids is 1. The van der Waals surface area contributed by atoms with Gasteiger partial charge in [0.05, 0.1) is 6.61 Å². The molecule has 0 spiro atoms. The van der Waals surface area contributed by atoms with Crippen LogP contribution >= 0.6 is 15.9 Å². The van der Waals surface area contributed by atoms with E-state index in [9.17, 15) is 4.79 Å². The zero-order valence-electron chi connectivity index (χ0n) is 10.7. The highest BCUT2D eigenvalue weighted by molar-refractivity contribution is 9.10. The average Bonchev–Trinajstić information content (AvgIpc) is 3.03. The number of hydrogen-bond acceptors (Lipinski definition) is 4. The van der Waals surface area contributed by atoms with Gasteiger partial charge in [0.15, 0.2) is 0 Å². The van der Waals surface area contributed by atoms with Gasteiger partial charge in [0.2, 0.25) is 5.91 Å². The van der Waals surface area contributed by atoms with Crippen LogP contribution < -0.4 is 10.6 Å². The van der Waals surface area contributed by atoms with E-state index < -0.39 is 0 Å². The third-order valence-corrected chi connectivity index (χ3v) is 4.34. The minimum Gasteiger partial charge on any atom is -0.380 e. The molecule has 1 aromatic rings. The average molecular weight is 326 g/mol. The van der Waals surface area contributed by atoms with Crippen LogP contribution in [0.2, 0.25) is 0 Å². The van der Waals surface area contributed by atoms with E-state index >= 15 is 0 Å². The van der Waals surface area contributed by atoms with Gasteiger partial charge >= 0.3 is 0 Å². The van der Waals surface area contributed by atoms with Gasteiger partial charge in [-0.05, 0) is 40.8 Å². The van der Waals surface area contributed by atoms with Crippen LogP contribution in [0, 0.1) is 5.92 Å². The monoisotopic (exact) mass is 325 g/mol. The summed E-state index contributed by atoms with van der Waals surface area (Å²) in [6.07, 6.45) is 1.98. The van der Waals surface area contributed by atoms with E-state index in [0.717, 1.165) is 28.8 Å². The molecule has 3 rings (SSSR count). The van der Waals surface area contributed by atoms with Gasteiger partial charge in [-0.2, -0.15) is 0 Å². The van der Waals surface area contributed by atoms with Crippen molar-refractivity contribution in [2.24, 2.45) is 11.7 Å². The lowest BCUT2D eigenvalue weighted by Crippen LogP contribution is -2.43. The van der Waals surface area contributed by atoms with E-state index in [1.54, 1.807) is 7.11 Å². The Kier molecular flexibility index (Phi) is 3.22. The lowest BCUT2D eigenvalue weighted by atomic mass is 10.1. The van der Waals surface area contributed by atoms with Crippen molar-refractivity contribution in [2.75, 3.05) is 12.0 Å². The Morgan fingerprint density at radius 3 is 3.05 bits per heavy atom. The predicted octanol–water partition coefficient (Wildman–Crippen LogP) is 1.44. The minimum atomic E-state index is -0.266. The van der Waals surface area contributed by atoms with Gasteiger partial charge in [-0.25, -0.2) is 4.98 Å². The molecular weight excluding hydrogens is 310 g/mol. The summed E-state index contributed by atoms with van der Waals surface area (Å²) in [4.78, 5) is 18.2. The molecule has 0 bridgehead atoms. The number of pyridine rings is 1. The Morgan fingerprint density at radius 2 is 2.37 bits per heavy atom. The summed E-state index contributed by atoms with van der Waals surface area (Å²) in [5, 5.41) is 0. The number of nitrogens with two attached hydrogens (primary N) is 1. The van der Waals surface area contributed by atoms with Crippen molar-refractivity contribution in [3.05, 3.63) is 22.3 Å². The number of anilines is 1. The highest BCUT2D eigenvalue weighted by Crippen LogP contribution is 2.50. The van der Waals surface area contributed by atoms with Crippen LogP contribution in [-0.2, 0) is 16.1 Å². The topological polar surface area (TPSA) is 68.4 Å². The van der Waals surface area contributed by atoms with Crippen LogP contribution in [0.1, 0.15) is 18.4 Å². The van der Waals surface area contributed by atoms with Crippen LogP contribution in [0.4, 0.5) is 5.82 Å². The van der Waals surface area contributed by atoms with Crippen molar-refractivity contribution in [1.82, 2.24) is 4.98 Å². The number of primary amides is 1. The smallest absolute Gasteiger partial charge is 0.240 e. The highest BCUT2D eigenvalue weighted by atomic mass is 79.9. The maximum Gasteiger partial charge on any atom is 0.240 e. The van der Waals surface area contributed by atoms with Crippen LogP contribution in [-0.4, -0.2) is 30.1 Å². The zero-order chi connectivity index (χ0) is 13.6. The van der Waals surface area contributed by atoms with E-state index in [4.69, 9.17) is 10.5 Å². The number of carbonyl (C=O) groups is 1. The molecule has 2 aliphatic rings. The molecule has 1 aliphatic carbocycles. The molecule has 1 aliphatic heterocycles. The van der Waals surface area contributed by atoms with E-state index in [1.165, 1.54) is 0 Å². The maximum atomic E-state index is 11.6. The normalized spacial score (nSPS) is 28.3. The molecule has 0 aromatic carbocycles. The van der Waals surface area contributed by atoms with Gasteiger partial charge in [-0.1, -0.05) is 6.07 Å². The summed E-state index contributed by atoms with van der Waals surface area (Å²) in [7, 11) is 1.65. The zero-order valence-corrected chi connectivity index (χ0v) is 12.3. The third-order valence-electron chi connectivity index (χ3n) is 3.90. The van der Waals surface area contributed by atoms with Crippen molar-refractivity contribution in [2.45, 2.75) is 31.5 Å². The number of amides is 1. The Labute approximate surface area is 120 Å². The Hall–Kier alpha value is -1.14. The molecule has 102 valence electrons. The number of hydrogen-bond donors (Lipinski definition) is 1. The number of nitrogens with zero attached hydrogens (tertiary/aromatic N) is 2. The summed E-state index contributed by atoms with van der Waals surface area (Å²) in [5.74, 6) is 1.15. The minimum absolute atomic E-state index is 0.235. The van der Waals surface area contributed by atoms with Crippen molar-refractivity contribution in [1.29, 1.82) is 0 Å². The van der Waals surface area contributed by atoms with Gasteiger partial charge in [0.25, 0.3) is 0 Å². The second-order valence-electron chi connectivity index (χ2n) is 5.17. The molecule has 2 N–H and O–H groups in total. The van der Waals surface area contributed by atoms with Crippen molar-refractivity contribution in [3.8, 4) is 0 Å². The molecule has 19 heavy (non-hydrogen) atoms. The van der Waals surface area contributed by atoms with Crippen LogP contribution in [0.15, 0.2) is 16.7 Å². The number of fused-ring (bicyclic) bond motifs is 1. The summed E-state index contributed by atoms with van der Waals surface area (Å²) < 4.78 is 5.97. The number of piperidine rings is 1. The fourth-order valence-electron chi connectivity index (χ4n) is 2.96. The summed E-state index contributed by atoms with van der Waals surface area (Å²) in [6, 6.07) is 4.04. The van der Waals surface area contributed by atoms with Crippen LogP contribution in [0.3, 0.4) is 0 Å². The quantitative estimate of drug-likeness (QED) is 0.850. The van der Waals surface area contributed by atoms with E-state index in [2.05, 4.69) is 25.8 Å². The molecule has 1 saturated carbocycles. The Morgan fingerprint density at radius 1 is 1.58 bits per heavy atom. The van der Waals surface area contributed by atoms with Crippen molar-refractivity contribution < 1.29 is 9.53 Å². The SMILES string of the molecule is COCc1ccc(Br)nc1N1C(C(N)=O)CC2CC21. The molecule has 2 heterocycles. The van der Waals surface area contributed by atoms with Crippen molar-refractivity contribution in [3.63, 3.8) is 0 Å². The number of ether oxygens (including phenoxy) is 1. The van der Waals surface area contributed by atoms with E-state index in [1.807, 2.05) is 12.1 Å². The molecule has 3 atom stereocenters. The Bertz CT molecular complexity index is 523. The fourth-order valence-corrected chi connectivity index (χ4v) is 3.26. The molecule has 1 aromatic heterocycles. The molecule has 1 amide bonds. The first-order chi connectivity index (χ1) is 9.11. The number of rotatable bonds is 4. The van der Waals surface area contributed by atoms with Gasteiger partial charge in [-0.3, -0.25) is 4.79 Å². The number of aromatic nitrogens is 1. The summed E-state index contributed by atoms with van der Waals surface area (Å²) in [5.41, 5.74) is 6.51. The largest absolute Gasteiger partial charge is 0.380 e. The standard InChI is InChI=1S/C13H16BrN3O2/c1-19-6-7-2-3-11(14)16-13(7)17-9-4-8(9)5-10(17)12(15)18/h2-3,8-10H,4-6H2,1H3,(H2,15,18). The van der Waals surface area contributed by atoms with Crippen LogP contribution in [0.5, 0.6) is 0 Å². The maximum absolute atomic E-state index is 11.6. The lowest BCUT2D eigenvalue weighted by molar-refractivity contribution is -0.119. The first kappa shape index (κ1) is 12.9. The fraction of sp³-hybridized carbons (Fsp3) is 0.538. The molecule has 2 fully saturated rings. The third kappa shape index (κ3) is 2.23. The molecular formula is C13H16BrN3O2. The first-order valence-electron chi connectivity index (χ1n) is 6.34. The molecule has 0 radical (unpaired) electrons. The van der Waals surface area contributed by atoms with E-state index in [0.29, 0.717) is 18.6 Å². The predicted molar refractivity (Wildman–Crippen MR) is 74.6 cm³/mol. The van der Waals surface area contributed by atoms with Crippen LogP contribution in [0.25, 0.3) is 0 Å². The van der Waals surface area contributed by atoms with Gasteiger partial charge in [-0.15, -0.1) is 0 Å².